The van der Waals surface area contributed by atoms with E-state index in [0.29, 0.717) is 5.78 Å². The zero-order chi connectivity index (χ0) is 16.5. The highest BCUT2D eigenvalue weighted by molar-refractivity contribution is 5.46. The van der Waals surface area contributed by atoms with Crippen LogP contribution < -0.4 is 4.90 Å². The van der Waals surface area contributed by atoms with Crippen LogP contribution >= 0.6 is 0 Å². The Balaban J connectivity index is 1.37. The van der Waals surface area contributed by atoms with Crippen molar-refractivity contribution in [1.82, 2.24) is 34.3 Å². The minimum atomic E-state index is 0.652. The van der Waals surface area contributed by atoms with Crippen molar-refractivity contribution in [3.8, 4) is 0 Å². The lowest BCUT2D eigenvalue weighted by molar-refractivity contribution is 0.243. The van der Waals surface area contributed by atoms with Gasteiger partial charge < -0.3 is 4.90 Å². The van der Waals surface area contributed by atoms with Crippen LogP contribution in [0.2, 0.25) is 0 Å². The number of nitrogens with zero attached hydrogens (tertiary/aromatic N) is 8. The first kappa shape index (κ1) is 15.1. The second-order valence-electron chi connectivity index (χ2n) is 6.28. The maximum Gasteiger partial charge on any atom is 0.256 e. The molecule has 0 atom stereocenters. The summed E-state index contributed by atoms with van der Waals surface area (Å²) in [5, 5.41) is 12.5. The van der Waals surface area contributed by atoms with Gasteiger partial charge in [-0.15, -0.1) is 10.2 Å². The Bertz CT molecular complexity index is 828. The third-order valence-corrected chi connectivity index (χ3v) is 4.62. The second-order valence-corrected chi connectivity index (χ2v) is 6.28. The Morgan fingerprint density at radius 2 is 1.92 bits per heavy atom. The molecule has 8 nitrogen and oxygen atoms in total. The average Bonchev–Trinajstić information content (AvgIpc) is 3.19. The summed E-state index contributed by atoms with van der Waals surface area (Å²) in [5.74, 6) is 1.77. The van der Waals surface area contributed by atoms with Gasteiger partial charge in [0.1, 0.15) is 12.1 Å². The van der Waals surface area contributed by atoms with Crippen LogP contribution in [0, 0.1) is 13.8 Å². The van der Waals surface area contributed by atoms with E-state index < -0.39 is 0 Å². The van der Waals surface area contributed by atoms with Crippen LogP contribution in [0.4, 0.5) is 5.82 Å². The summed E-state index contributed by atoms with van der Waals surface area (Å²) in [6, 6.07) is 4.16. The van der Waals surface area contributed by atoms with Crippen LogP contribution in [0.15, 0.2) is 24.7 Å². The smallest absolute Gasteiger partial charge is 0.256 e. The molecule has 1 fully saturated rings. The summed E-state index contributed by atoms with van der Waals surface area (Å²) in [7, 11) is 0. The molecule has 4 heterocycles. The molecule has 3 aromatic heterocycles. The Morgan fingerprint density at radius 1 is 1.08 bits per heavy atom. The summed E-state index contributed by atoms with van der Waals surface area (Å²) >= 11 is 0. The summed E-state index contributed by atoms with van der Waals surface area (Å²) in [5.41, 5.74) is 2.32. The van der Waals surface area contributed by atoms with Crippen molar-refractivity contribution in [2.45, 2.75) is 20.4 Å². The molecule has 0 unspecified atom stereocenters. The molecule has 126 valence electrons. The standard InChI is InChI=1S/C16H22N8/c1-13-11-14(2)24(20-13)10-7-21-5-8-22(9-6-21)15-3-4-17-16-19-18-12-23(15)16/h3-4,11-12H,5-10H2,1-2H3. The number of hydrogen-bond donors (Lipinski definition) is 0. The molecule has 8 heteroatoms. The Hall–Kier alpha value is -2.48. The molecule has 1 saturated heterocycles. The van der Waals surface area contributed by atoms with E-state index in [1.54, 1.807) is 12.5 Å². The van der Waals surface area contributed by atoms with Crippen molar-refractivity contribution in [3.63, 3.8) is 0 Å². The zero-order valence-electron chi connectivity index (χ0n) is 14.1. The largest absolute Gasteiger partial charge is 0.355 e. The molecule has 4 rings (SSSR count). The van der Waals surface area contributed by atoms with Gasteiger partial charge in [0.2, 0.25) is 0 Å². The van der Waals surface area contributed by atoms with E-state index in [2.05, 4.69) is 47.8 Å². The number of fused-ring (bicyclic) bond motifs is 1. The van der Waals surface area contributed by atoms with Crippen molar-refractivity contribution < 1.29 is 0 Å². The van der Waals surface area contributed by atoms with Gasteiger partial charge in [-0.1, -0.05) is 0 Å². The SMILES string of the molecule is Cc1cc(C)n(CCN2CCN(c3ccnc4nncn34)CC2)n1. The monoisotopic (exact) mass is 326 g/mol. The van der Waals surface area contributed by atoms with E-state index in [1.165, 1.54) is 5.69 Å². The summed E-state index contributed by atoms with van der Waals surface area (Å²) in [6.07, 6.45) is 3.53. The van der Waals surface area contributed by atoms with Crippen LogP contribution in [0.3, 0.4) is 0 Å². The number of rotatable bonds is 4. The van der Waals surface area contributed by atoms with Gasteiger partial charge in [0.25, 0.3) is 5.78 Å². The summed E-state index contributed by atoms with van der Waals surface area (Å²) in [6.45, 7) is 10.2. The molecule has 0 saturated carbocycles. The lowest BCUT2D eigenvalue weighted by Crippen LogP contribution is -2.47. The van der Waals surface area contributed by atoms with E-state index in [-0.39, 0.29) is 0 Å². The molecule has 0 N–H and O–H groups in total. The van der Waals surface area contributed by atoms with Gasteiger partial charge in [-0.25, -0.2) is 4.98 Å². The van der Waals surface area contributed by atoms with E-state index >= 15 is 0 Å². The minimum Gasteiger partial charge on any atom is -0.355 e. The highest BCUT2D eigenvalue weighted by atomic mass is 15.4. The molecule has 0 bridgehead atoms. The zero-order valence-corrected chi connectivity index (χ0v) is 14.1. The second kappa shape index (κ2) is 6.20. The number of anilines is 1. The fourth-order valence-electron chi connectivity index (χ4n) is 3.33. The van der Waals surface area contributed by atoms with Crippen LogP contribution in [-0.2, 0) is 6.54 Å². The Labute approximate surface area is 140 Å². The third kappa shape index (κ3) is 2.84. The first-order valence-electron chi connectivity index (χ1n) is 8.34. The molecule has 24 heavy (non-hydrogen) atoms. The van der Waals surface area contributed by atoms with Gasteiger partial charge >= 0.3 is 0 Å². The van der Waals surface area contributed by atoms with Gasteiger partial charge in [0, 0.05) is 44.6 Å². The van der Waals surface area contributed by atoms with E-state index in [4.69, 9.17) is 0 Å². The fraction of sp³-hybridized carbons (Fsp3) is 0.500. The molecule has 1 aliphatic rings. The summed E-state index contributed by atoms with van der Waals surface area (Å²) in [4.78, 5) is 9.10. The van der Waals surface area contributed by atoms with E-state index in [1.807, 2.05) is 17.4 Å². The molecular weight excluding hydrogens is 304 g/mol. The van der Waals surface area contributed by atoms with Crippen LogP contribution in [0.1, 0.15) is 11.4 Å². The van der Waals surface area contributed by atoms with Crippen molar-refractivity contribution in [2.24, 2.45) is 0 Å². The third-order valence-electron chi connectivity index (χ3n) is 4.62. The average molecular weight is 326 g/mol. The maximum atomic E-state index is 4.54. The van der Waals surface area contributed by atoms with Gasteiger partial charge in [-0.2, -0.15) is 5.10 Å². The van der Waals surface area contributed by atoms with Crippen molar-refractivity contribution in [1.29, 1.82) is 0 Å². The van der Waals surface area contributed by atoms with Crippen molar-refractivity contribution in [3.05, 3.63) is 36.0 Å². The number of aromatic nitrogens is 6. The number of hydrogen-bond acceptors (Lipinski definition) is 6. The molecular formula is C16H22N8. The van der Waals surface area contributed by atoms with Crippen molar-refractivity contribution >= 4 is 11.6 Å². The van der Waals surface area contributed by atoms with Crippen LogP contribution in [0.25, 0.3) is 5.78 Å². The Morgan fingerprint density at radius 3 is 2.67 bits per heavy atom. The highest BCUT2D eigenvalue weighted by Gasteiger charge is 2.19. The van der Waals surface area contributed by atoms with Gasteiger partial charge in [-0.05, 0) is 26.0 Å². The van der Waals surface area contributed by atoms with Gasteiger partial charge in [-0.3, -0.25) is 14.0 Å². The predicted molar refractivity (Wildman–Crippen MR) is 91.1 cm³/mol. The Kier molecular flexibility index (Phi) is 3.89. The molecule has 0 radical (unpaired) electrons. The predicted octanol–water partition coefficient (Wildman–Crippen LogP) is 0.760. The lowest BCUT2D eigenvalue weighted by atomic mass is 10.3. The normalized spacial score (nSPS) is 16.2. The molecule has 0 aromatic carbocycles. The van der Waals surface area contributed by atoms with E-state index in [9.17, 15) is 0 Å². The van der Waals surface area contributed by atoms with E-state index in [0.717, 1.165) is 50.8 Å². The van der Waals surface area contributed by atoms with Crippen molar-refractivity contribution in [2.75, 3.05) is 37.6 Å². The lowest BCUT2D eigenvalue weighted by Gasteiger charge is -2.36. The molecule has 1 aliphatic heterocycles. The van der Waals surface area contributed by atoms with Gasteiger partial charge in [0.15, 0.2) is 0 Å². The minimum absolute atomic E-state index is 0.652. The molecule has 3 aromatic rings. The van der Waals surface area contributed by atoms with Crippen LogP contribution in [0.5, 0.6) is 0 Å². The first-order valence-corrected chi connectivity index (χ1v) is 8.34. The van der Waals surface area contributed by atoms with Crippen LogP contribution in [-0.4, -0.2) is 67.0 Å². The molecule has 0 spiro atoms. The quantitative estimate of drug-likeness (QED) is 0.705. The van der Waals surface area contributed by atoms with Gasteiger partial charge in [0.05, 0.1) is 12.2 Å². The highest BCUT2D eigenvalue weighted by Crippen LogP contribution is 2.16. The molecule has 0 amide bonds. The summed E-state index contributed by atoms with van der Waals surface area (Å²) < 4.78 is 4.05. The maximum absolute atomic E-state index is 4.54. The fourth-order valence-corrected chi connectivity index (χ4v) is 3.33. The first-order chi connectivity index (χ1) is 11.7. The molecule has 0 aliphatic carbocycles. The number of piperazine rings is 1. The number of aryl methyl sites for hydroxylation is 2. The topological polar surface area (TPSA) is 67.4 Å².